The van der Waals surface area contributed by atoms with Crippen LogP contribution in [0.4, 0.5) is 4.79 Å². The molecule has 442 valence electrons. The molecule has 8 bridgehead atoms. The summed E-state index contributed by atoms with van der Waals surface area (Å²) in [5.74, 6) is -12.1. The molecule has 0 radical (unpaired) electrons. The van der Waals surface area contributed by atoms with Crippen molar-refractivity contribution < 1.29 is 82.4 Å². The summed E-state index contributed by atoms with van der Waals surface area (Å²) in [6, 6.07) is -5.00. The molecule has 11 atom stereocenters. The van der Waals surface area contributed by atoms with E-state index in [4.69, 9.17) is 15.3 Å². The predicted octanol–water partition coefficient (Wildman–Crippen LogP) is -3.77. The predicted molar refractivity (Wildman–Crippen MR) is 282 cm³/mol. The van der Waals surface area contributed by atoms with Gasteiger partial charge in [-0.15, -0.1) is 16.8 Å². The Hall–Kier alpha value is -7.41. The van der Waals surface area contributed by atoms with E-state index in [9.17, 15) is 63.3 Å². The van der Waals surface area contributed by atoms with Gasteiger partial charge in [0.05, 0.1) is 54.9 Å². The zero-order valence-corrected chi connectivity index (χ0v) is 45.8. The Labute approximate surface area is 468 Å². The van der Waals surface area contributed by atoms with Crippen LogP contribution < -0.4 is 53.0 Å². The van der Waals surface area contributed by atoms with E-state index >= 15 is 9.59 Å². The number of aliphatic hydroxyl groups is 3. The summed E-state index contributed by atoms with van der Waals surface area (Å²) in [7, 11) is 0. The van der Waals surface area contributed by atoms with E-state index in [2.05, 4.69) is 47.5 Å². The second-order valence-corrected chi connectivity index (χ2v) is 21.9. The number of nitrogens with zero attached hydrogens (tertiary/aromatic N) is 2. The van der Waals surface area contributed by atoms with Crippen LogP contribution in [-0.4, -0.2) is 194 Å². The lowest BCUT2D eigenvalue weighted by molar-refractivity contribution is -0.171. The molecule has 0 spiro atoms. The zero-order valence-electron chi connectivity index (χ0n) is 45.0. The number of carbonyl (C=O) groups excluding carboxylic acids is 12. The summed E-state index contributed by atoms with van der Waals surface area (Å²) in [4.78, 5) is 175. The molecule has 8 rings (SSSR count). The highest BCUT2D eigenvalue weighted by Crippen LogP contribution is 2.40. The van der Waals surface area contributed by atoms with E-state index in [1.54, 1.807) is 19.9 Å². The van der Waals surface area contributed by atoms with Gasteiger partial charge < -0.3 is 78.1 Å². The Balaban J connectivity index is 1.38. The van der Waals surface area contributed by atoms with Crippen LogP contribution in [0.15, 0.2) is 23.2 Å². The summed E-state index contributed by atoms with van der Waals surface area (Å²) >= 11 is 0.978. The maximum atomic E-state index is 16.0. The van der Waals surface area contributed by atoms with Gasteiger partial charge in [-0.3, -0.25) is 52.7 Å². The second-order valence-electron chi connectivity index (χ2n) is 20.9. The Morgan fingerprint density at radius 3 is 2.23 bits per heavy atom. The van der Waals surface area contributed by atoms with Crippen LogP contribution in [-0.2, 0) is 64.0 Å². The number of benzene rings is 1. The number of Topliss-reactive ketones (excluding diaryl/α,β-unsaturated/α-hetero) is 1. The number of primary amides is 1. The number of hydrogen-bond acceptors (Lipinski definition) is 19. The summed E-state index contributed by atoms with van der Waals surface area (Å²) < 4.78 is 6.93. The highest BCUT2D eigenvalue weighted by Gasteiger charge is 2.57. The monoisotopic (exact) mass is 1150 g/mol. The number of imide groups is 1. The van der Waals surface area contributed by atoms with Crippen molar-refractivity contribution in [2.45, 2.75) is 151 Å². The lowest BCUT2D eigenvalue weighted by Gasteiger charge is -2.45. The van der Waals surface area contributed by atoms with Gasteiger partial charge in [0.1, 0.15) is 36.0 Å². The minimum atomic E-state index is -2.43. The summed E-state index contributed by atoms with van der Waals surface area (Å²) in [6.45, 7) is 2.03. The van der Waals surface area contributed by atoms with Crippen LogP contribution in [0.3, 0.4) is 0 Å². The molecule has 6 aliphatic rings. The van der Waals surface area contributed by atoms with Gasteiger partial charge in [0.2, 0.25) is 58.8 Å². The Morgan fingerprint density at radius 2 is 1.54 bits per heavy atom. The molecular formula is C51H70N12O17S. The van der Waals surface area contributed by atoms with E-state index in [-0.39, 0.29) is 56.6 Å². The van der Waals surface area contributed by atoms with Gasteiger partial charge in [-0.2, -0.15) is 0 Å². The number of aromatic amines is 1. The molecule has 6 aliphatic heterocycles. The van der Waals surface area contributed by atoms with Gasteiger partial charge in [-0.05, 0) is 42.9 Å². The molecule has 30 heteroatoms. The Kier molecular flexibility index (Phi) is 20.3. The molecule has 1 aromatic heterocycles. The lowest BCUT2D eigenvalue weighted by atomic mass is 9.89. The summed E-state index contributed by atoms with van der Waals surface area (Å²) in [5.41, 5.74) is 4.05. The van der Waals surface area contributed by atoms with E-state index in [1.807, 2.05) is 0 Å². The van der Waals surface area contributed by atoms with Crippen molar-refractivity contribution in [1.29, 1.82) is 0 Å². The number of unbranched alkanes of at least 4 members (excludes halogenated alkanes) is 3. The van der Waals surface area contributed by atoms with Gasteiger partial charge in [-0.1, -0.05) is 40.0 Å². The third-order valence-corrected chi connectivity index (χ3v) is 16.3. The van der Waals surface area contributed by atoms with Crippen LogP contribution in [0.2, 0.25) is 0 Å². The van der Waals surface area contributed by atoms with Crippen LogP contribution in [0.5, 0.6) is 5.75 Å². The summed E-state index contributed by atoms with van der Waals surface area (Å²) in [6.07, 6.45) is -4.89. The van der Waals surface area contributed by atoms with Crippen molar-refractivity contribution >= 4 is 93.6 Å². The van der Waals surface area contributed by atoms with Crippen molar-refractivity contribution in [3.05, 3.63) is 23.8 Å². The second kappa shape index (κ2) is 26.9. The molecule has 4 unspecified atom stereocenters. The minimum absolute atomic E-state index is 0.00805. The molecule has 0 aliphatic carbocycles. The molecule has 2 aromatic rings. The fourth-order valence-corrected chi connectivity index (χ4v) is 11.5. The number of aromatic nitrogens is 1. The largest absolute Gasteiger partial charge is 0.465 e. The molecule has 1 aromatic carbocycles. The quantitative estimate of drug-likeness (QED) is 0.0601. The molecular weight excluding hydrogens is 1080 g/mol. The normalized spacial score (nSPS) is 27.5. The third kappa shape index (κ3) is 14.6. The SMILES string of the molecule is CC[C@H](C)[C@@H]1NC(=O)CNC(=O)C2Cc3c4[nH]c5cc(ccc35)OC(CCCCCCNC(=O)ON3C(=O)CCC3=O)(C(=O)[C@H](CC(N)=O)NC(=O)C(CS4)NC(=O)CNC1=O)N1CC(O)C[C@H]1C(=O)N[C@@H]([C@@H](C)[C@@H](O)CO)C(=O)N2. The number of hydrogen-bond donors (Lipinski definition) is 13. The first-order valence-corrected chi connectivity index (χ1v) is 27.9. The van der Waals surface area contributed by atoms with Crippen LogP contribution >= 0.6 is 11.8 Å². The van der Waals surface area contributed by atoms with Crippen LogP contribution in [0.1, 0.15) is 90.5 Å². The molecule has 29 nitrogen and oxygen atoms in total. The smallest absolute Gasteiger partial charge is 0.432 e. The number of nitrogens with two attached hydrogens (primary N) is 1. The third-order valence-electron chi connectivity index (χ3n) is 15.1. The van der Waals surface area contributed by atoms with E-state index in [0.717, 1.165) is 11.8 Å². The first kappa shape index (κ1) is 61.2. The van der Waals surface area contributed by atoms with Crippen molar-refractivity contribution in [2.75, 3.05) is 38.5 Å². The van der Waals surface area contributed by atoms with Crippen LogP contribution in [0.25, 0.3) is 10.9 Å². The number of rotatable bonds is 15. The molecule has 7 heterocycles. The number of hydroxylamine groups is 2. The molecule has 2 fully saturated rings. The number of H-pyrrole nitrogens is 1. The van der Waals surface area contributed by atoms with Crippen molar-refractivity contribution in [1.82, 2.24) is 57.5 Å². The van der Waals surface area contributed by atoms with Gasteiger partial charge in [-0.25, -0.2) is 9.69 Å². The Bertz CT molecular complexity index is 2780. The number of aliphatic hydroxyl groups excluding tert-OH is 3. The first-order chi connectivity index (χ1) is 38.5. The molecule has 2 saturated heterocycles. The maximum Gasteiger partial charge on any atom is 0.432 e. The average Bonchev–Trinajstić information content (AvgIpc) is 4.24. The summed E-state index contributed by atoms with van der Waals surface area (Å²) in [5, 5.41) is 54.5. The number of ether oxygens (including phenoxy) is 1. The van der Waals surface area contributed by atoms with Crippen molar-refractivity contribution in [3.63, 3.8) is 0 Å². The van der Waals surface area contributed by atoms with Gasteiger partial charge in [0.15, 0.2) is 0 Å². The van der Waals surface area contributed by atoms with E-state index in [0.29, 0.717) is 45.8 Å². The highest BCUT2D eigenvalue weighted by atomic mass is 32.2. The topological polar surface area (TPSA) is 429 Å². The number of fused-ring (bicyclic) bond motifs is 7. The Morgan fingerprint density at radius 1 is 0.852 bits per heavy atom. The van der Waals surface area contributed by atoms with Crippen LogP contribution in [0, 0.1) is 11.8 Å². The average molecular weight is 1160 g/mol. The number of carbonyl (C=O) groups is 12. The molecule has 11 amide bonds. The number of nitrogens with one attached hydrogen (secondary N) is 9. The van der Waals surface area contributed by atoms with E-state index < -0.39 is 176 Å². The minimum Gasteiger partial charge on any atom is -0.465 e. The van der Waals surface area contributed by atoms with Gasteiger partial charge in [0, 0.05) is 61.9 Å². The maximum absolute atomic E-state index is 16.0. The first-order valence-electron chi connectivity index (χ1n) is 26.9. The van der Waals surface area contributed by atoms with Crippen molar-refractivity contribution in [3.8, 4) is 5.75 Å². The standard InChI is InChI=1S/C51H70N12O17S/c1-4-24(2)41-47(76)55-19-37(68)56-33-23-81-49-29-17-32(44(73)54-20-38(69)60-41)58-48(77)42(25(3)35(66)22-64)61-46(75)34-15-26(65)21-62(34)51(43(72)31(18-36(52)67)57-45(33)74,79-27-9-10-28(29)30(16-27)59-49)13-7-5-6-8-14-53-50(78)80-63-39(70)11-12-40(63)71/h9-10,16,24-26,31-35,41-42,59,64-66H,4-8,11-15,17-23H2,1-3H3,(H2,52,67)(H,53,78)(H,54,73)(H,55,76)(H,56,68)(H,57,74)(H,58,77)(H,60,69)(H,61,75)/t24-,25-,26?,31-,32?,33?,34-,35-,41-,42-,51?/m0/s1. The highest BCUT2D eigenvalue weighted by molar-refractivity contribution is 7.99. The molecule has 81 heavy (non-hydrogen) atoms. The van der Waals surface area contributed by atoms with E-state index in [1.165, 1.54) is 24.0 Å². The number of amides is 11. The van der Waals surface area contributed by atoms with Gasteiger partial charge in [0.25, 0.3) is 11.8 Å². The lowest BCUT2D eigenvalue weighted by Crippen LogP contribution is -2.68. The fraction of sp³-hybridized carbons (Fsp3) is 0.608. The fourth-order valence-electron chi connectivity index (χ4n) is 10.4. The molecule has 14 N–H and O–H groups in total. The molecule has 0 saturated carbocycles. The van der Waals surface area contributed by atoms with Crippen molar-refractivity contribution in [2.24, 2.45) is 17.6 Å². The number of thioether (sulfide) groups is 1. The van der Waals surface area contributed by atoms with Gasteiger partial charge >= 0.3 is 6.09 Å². The number of ketones is 1. The zero-order chi connectivity index (χ0) is 58.9.